The molecule has 1 fully saturated rings. The van der Waals surface area contributed by atoms with Gasteiger partial charge in [-0.3, -0.25) is 4.68 Å². The minimum atomic E-state index is 0.673. The molecule has 1 N–H and O–H groups in total. The molecule has 0 aromatic carbocycles. The van der Waals surface area contributed by atoms with Crippen LogP contribution in [0.5, 0.6) is 0 Å². The van der Waals surface area contributed by atoms with E-state index in [4.69, 9.17) is 0 Å². The van der Waals surface area contributed by atoms with Crippen molar-refractivity contribution in [1.82, 2.24) is 15.1 Å². The Morgan fingerprint density at radius 2 is 1.90 bits per heavy atom. The van der Waals surface area contributed by atoms with Crippen LogP contribution in [0.25, 0.3) is 0 Å². The fourth-order valence-electron chi connectivity index (χ4n) is 3.55. The van der Waals surface area contributed by atoms with Crippen molar-refractivity contribution in [2.24, 2.45) is 7.05 Å². The fourth-order valence-corrected chi connectivity index (χ4v) is 3.55. The van der Waals surface area contributed by atoms with Crippen molar-refractivity contribution < 1.29 is 0 Å². The van der Waals surface area contributed by atoms with Crippen molar-refractivity contribution in [2.45, 2.75) is 71.4 Å². The first kappa shape index (κ1) is 16.3. The Kier molecular flexibility index (Phi) is 6.09. The molecule has 0 aliphatic heterocycles. The van der Waals surface area contributed by atoms with Gasteiger partial charge in [0, 0.05) is 32.2 Å². The molecule has 4 nitrogen and oxygen atoms in total. The van der Waals surface area contributed by atoms with Gasteiger partial charge in [0.15, 0.2) is 0 Å². The van der Waals surface area contributed by atoms with Gasteiger partial charge in [0.1, 0.15) is 5.82 Å². The van der Waals surface area contributed by atoms with E-state index in [9.17, 15) is 0 Å². The SMILES string of the molecule is CCCNCc1c(C)nn(C)c1N(C)C1CCCCCC1. The molecule has 1 aromatic rings. The predicted molar refractivity (Wildman–Crippen MR) is 89.8 cm³/mol. The number of rotatable bonds is 6. The molecule has 1 aliphatic rings. The van der Waals surface area contributed by atoms with E-state index >= 15 is 0 Å². The van der Waals surface area contributed by atoms with Crippen molar-refractivity contribution >= 4 is 5.82 Å². The zero-order valence-corrected chi connectivity index (χ0v) is 14.3. The van der Waals surface area contributed by atoms with Gasteiger partial charge < -0.3 is 10.2 Å². The summed E-state index contributed by atoms with van der Waals surface area (Å²) in [5.74, 6) is 1.31. The molecule has 0 amide bonds. The molecule has 2 rings (SSSR count). The van der Waals surface area contributed by atoms with Crippen molar-refractivity contribution in [2.75, 3.05) is 18.5 Å². The van der Waals surface area contributed by atoms with Gasteiger partial charge in [0.25, 0.3) is 0 Å². The van der Waals surface area contributed by atoms with Gasteiger partial charge >= 0.3 is 0 Å². The van der Waals surface area contributed by atoms with E-state index in [-0.39, 0.29) is 0 Å². The lowest BCUT2D eigenvalue weighted by atomic mass is 10.1. The number of aryl methyl sites for hydroxylation is 2. The Balaban J connectivity index is 2.16. The highest BCUT2D eigenvalue weighted by Gasteiger charge is 2.23. The van der Waals surface area contributed by atoms with Crippen LogP contribution >= 0.6 is 0 Å². The molecule has 4 heteroatoms. The number of anilines is 1. The van der Waals surface area contributed by atoms with Crippen molar-refractivity contribution in [3.63, 3.8) is 0 Å². The molecule has 0 unspecified atom stereocenters. The molecule has 1 heterocycles. The number of hydrogen-bond donors (Lipinski definition) is 1. The maximum Gasteiger partial charge on any atom is 0.131 e. The molecule has 0 bridgehead atoms. The van der Waals surface area contributed by atoms with Crippen molar-refractivity contribution in [1.29, 1.82) is 0 Å². The third kappa shape index (κ3) is 4.00. The zero-order valence-electron chi connectivity index (χ0n) is 14.3. The summed E-state index contributed by atoms with van der Waals surface area (Å²) in [4.78, 5) is 2.49. The van der Waals surface area contributed by atoms with Crippen LogP contribution in [-0.2, 0) is 13.6 Å². The highest BCUT2D eigenvalue weighted by atomic mass is 15.4. The topological polar surface area (TPSA) is 33.1 Å². The van der Waals surface area contributed by atoms with Gasteiger partial charge in [-0.15, -0.1) is 0 Å². The van der Waals surface area contributed by atoms with Gasteiger partial charge in [0.2, 0.25) is 0 Å². The van der Waals surface area contributed by atoms with E-state index in [1.807, 2.05) is 0 Å². The lowest BCUT2D eigenvalue weighted by Crippen LogP contribution is -2.33. The smallest absolute Gasteiger partial charge is 0.131 e. The van der Waals surface area contributed by atoms with Gasteiger partial charge in [0.05, 0.1) is 5.69 Å². The summed E-state index contributed by atoms with van der Waals surface area (Å²) in [5.41, 5.74) is 2.54. The third-order valence-electron chi connectivity index (χ3n) is 4.75. The van der Waals surface area contributed by atoms with Gasteiger partial charge in [-0.2, -0.15) is 5.10 Å². The highest BCUT2D eigenvalue weighted by molar-refractivity contribution is 5.50. The van der Waals surface area contributed by atoms with Crippen LogP contribution < -0.4 is 10.2 Å². The first-order chi connectivity index (χ1) is 10.1. The summed E-state index contributed by atoms with van der Waals surface area (Å²) in [6.45, 7) is 6.34. The monoisotopic (exact) mass is 292 g/mol. The average molecular weight is 292 g/mol. The number of hydrogen-bond acceptors (Lipinski definition) is 3. The second-order valence-electron chi connectivity index (χ2n) is 6.44. The van der Waals surface area contributed by atoms with Gasteiger partial charge in [-0.1, -0.05) is 32.6 Å². The van der Waals surface area contributed by atoms with Crippen molar-refractivity contribution in [3.8, 4) is 0 Å². The Bertz CT molecular complexity index is 430. The van der Waals surface area contributed by atoms with E-state index in [2.05, 4.69) is 47.9 Å². The molecule has 1 aromatic heterocycles. The van der Waals surface area contributed by atoms with Crippen LogP contribution in [0.1, 0.15) is 63.1 Å². The Labute approximate surface area is 129 Å². The fraction of sp³-hybridized carbons (Fsp3) is 0.824. The summed E-state index contributed by atoms with van der Waals surface area (Å²) in [5, 5.41) is 8.20. The van der Waals surface area contributed by atoms with E-state index in [0.717, 1.165) is 18.8 Å². The lowest BCUT2D eigenvalue weighted by molar-refractivity contribution is 0.537. The van der Waals surface area contributed by atoms with Crippen LogP contribution in [0.3, 0.4) is 0 Å². The van der Waals surface area contributed by atoms with Crippen LogP contribution in [0.2, 0.25) is 0 Å². The molecule has 1 aliphatic carbocycles. The normalized spacial score (nSPS) is 17.0. The first-order valence-electron chi connectivity index (χ1n) is 8.61. The Hall–Kier alpha value is -1.03. The predicted octanol–water partition coefficient (Wildman–Crippen LogP) is 3.39. The molecule has 1 saturated carbocycles. The Morgan fingerprint density at radius 1 is 1.24 bits per heavy atom. The summed E-state index contributed by atoms with van der Waals surface area (Å²) in [6, 6.07) is 0.673. The average Bonchev–Trinajstić information content (AvgIpc) is 2.66. The van der Waals surface area contributed by atoms with E-state index in [0.29, 0.717) is 6.04 Å². The van der Waals surface area contributed by atoms with E-state index < -0.39 is 0 Å². The molecule has 0 spiro atoms. The highest BCUT2D eigenvalue weighted by Crippen LogP contribution is 2.29. The minimum Gasteiger partial charge on any atom is -0.357 e. The first-order valence-corrected chi connectivity index (χ1v) is 8.61. The minimum absolute atomic E-state index is 0.673. The maximum absolute atomic E-state index is 4.66. The molecule has 0 radical (unpaired) electrons. The Morgan fingerprint density at radius 3 is 2.52 bits per heavy atom. The number of nitrogens with zero attached hydrogens (tertiary/aromatic N) is 3. The molecule has 21 heavy (non-hydrogen) atoms. The third-order valence-corrected chi connectivity index (χ3v) is 4.75. The zero-order chi connectivity index (χ0) is 15.2. The summed E-state index contributed by atoms with van der Waals surface area (Å²) in [7, 11) is 4.34. The molecular formula is C17H32N4. The maximum atomic E-state index is 4.66. The van der Waals surface area contributed by atoms with E-state index in [1.54, 1.807) is 0 Å². The number of aromatic nitrogens is 2. The second-order valence-corrected chi connectivity index (χ2v) is 6.44. The van der Waals surface area contributed by atoms with E-state index in [1.165, 1.54) is 56.3 Å². The standard InChI is InChI=1S/C17H32N4/c1-5-12-18-13-16-14(2)19-21(4)17(16)20(3)15-10-8-6-7-9-11-15/h15,18H,5-13H2,1-4H3. The van der Waals surface area contributed by atoms with Gasteiger partial charge in [-0.25, -0.2) is 0 Å². The molecular weight excluding hydrogens is 260 g/mol. The summed E-state index contributed by atoms with van der Waals surface area (Å²) < 4.78 is 2.07. The summed E-state index contributed by atoms with van der Waals surface area (Å²) >= 11 is 0. The molecule has 0 atom stereocenters. The second kappa shape index (κ2) is 7.83. The van der Waals surface area contributed by atoms with Gasteiger partial charge in [-0.05, 0) is 32.7 Å². The van der Waals surface area contributed by atoms with Crippen LogP contribution in [-0.4, -0.2) is 29.4 Å². The van der Waals surface area contributed by atoms with Crippen LogP contribution in [0.4, 0.5) is 5.82 Å². The van der Waals surface area contributed by atoms with Crippen LogP contribution in [0.15, 0.2) is 0 Å². The quantitative estimate of drug-likeness (QED) is 0.644. The molecule has 0 saturated heterocycles. The van der Waals surface area contributed by atoms with Crippen LogP contribution in [0, 0.1) is 6.92 Å². The van der Waals surface area contributed by atoms with Crippen molar-refractivity contribution in [3.05, 3.63) is 11.3 Å². The largest absolute Gasteiger partial charge is 0.357 e. The number of nitrogens with one attached hydrogen (secondary N) is 1. The lowest BCUT2D eigenvalue weighted by Gasteiger charge is -2.30. The summed E-state index contributed by atoms with van der Waals surface area (Å²) in [6.07, 6.45) is 9.36. The molecule has 120 valence electrons.